The SMILES string of the molecule is CCNCc1ccccc1-c1ccnn1C. The molecule has 0 unspecified atom stereocenters. The lowest BCUT2D eigenvalue weighted by molar-refractivity contribution is 0.724. The number of aryl methyl sites for hydroxylation is 1. The summed E-state index contributed by atoms with van der Waals surface area (Å²) in [6.07, 6.45) is 1.83. The molecule has 0 radical (unpaired) electrons. The molecule has 3 heteroatoms. The van der Waals surface area contributed by atoms with Crippen LogP contribution in [0, 0.1) is 0 Å². The van der Waals surface area contributed by atoms with Crippen molar-refractivity contribution >= 4 is 0 Å². The van der Waals surface area contributed by atoms with Crippen molar-refractivity contribution in [2.24, 2.45) is 7.05 Å². The van der Waals surface area contributed by atoms with Crippen LogP contribution in [0.2, 0.25) is 0 Å². The maximum absolute atomic E-state index is 4.21. The van der Waals surface area contributed by atoms with Crippen LogP contribution in [0.4, 0.5) is 0 Å². The molecule has 3 nitrogen and oxygen atoms in total. The zero-order valence-corrected chi connectivity index (χ0v) is 9.77. The molecule has 0 spiro atoms. The van der Waals surface area contributed by atoms with Gasteiger partial charge in [-0.1, -0.05) is 31.2 Å². The first-order valence-corrected chi connectivity index (χ1v) is 5.60. The summed E-state index contributed by atoms with van der Waals surface area (Å²) in [5, 5.41) is 7.57. The lowest BCUT2D eigenvalue weighted by atomic mass is 10.0. The van der Waals surface area contributed by atoms with Crippen molar-refractivity contribution in [1.82, 2.24) is 15.1 Å². The van der Waals surface area contributed by atoms with E-state index in [0.717, 1.165) is 18.8 Å². The predicted molar refractivity (Wildman–Crippen MR) is 66.0 cm³/mol. The van der Waals surface area contributed by atoms with Crippen LogP contribution in [0.25, 0.3) is 11.3 Å². The summed E-state index contributed by atoms with van der Waals surface area (Å²) in [5.74, 6) is 0. The van der Waals surface area contributed by atoms with Gasteiger partial charge in [0, 0.05) is 25.4 Å². The molecule has 0 aliphatic rings. The Morgan fingerprint density at radius 3 is 2.75 bits per heavy atom. The van der Waals surface area contributed by atoms with Gasteiger partial charge >= 0.3 is 0 Å². The molecule has 2 rings (SSSR count). The van der Waals surface area contributed by atoms with Gasteiger partial charge in [-0.2, -0.15) is 5.10 Å². The van der Waals surface area contributed by atoms with E-state index in [0.29, 0.717) is 0 Å². The summed E-state index contributed by atoms with van der Waals surface area (Å²) in [5.41, 5.74) is 3.73. The molecule has 0 saturated heterocycles. The zero-order chi connectivity index (χ0) is 11.4. The average molecular weight is 215 g/mol. The van der Waals surface area contributed by atoms with Gasteiger partial charge in [0.25, 0.3) is 0 Å². The van der Waals surface area contributed by atoms with E-state index < -0.39 is 0 Å². The molecular weight excluding hydrogens is 198 g/mol. The van der Waals surface area contributed by atoms with Crippen LogP contribution in [-0.4, -0.2) is 16.3 Å². The molecule has 0 amide bonds. The number of nitrogens with zero attached hydrogens (tertiary/aromatic N) is 2. The molecule has 0 aliphatic carbocycles. The number of hydrogen-bond acceptors (Lipinski definition) is 2. The van der Waals surface area contributed by atoms with Crippen molar-refractivity contribution in [1.29, 1.82) is 0 Å². The van der Waals surface area contributed by atoms with E-state index >= 15 is 0 Å². The molecule has 0 saturated carbocycles. The van der Waals surface area contributed by atoms with E-state index in [4.69, 9.17) is 0 Å². The first-order valence-electron chi connectivity index (χ1n) is 5.60. The van der Waals surface area contributed by atoms with Crippen molar-refractivity contribution in [2.75, 3.05) is 6.54 Å². The first kappa shape index (κ1) is 10.9. The molecule has 1 aromatic carbocycles. The number of nitrogens with one attached hydrogen (secondary N) is 1. The summed E-state index contributed by atoms with van der Waals surface area (Å²) in [6.45, 7) is 4.00. The van der Waals surface area contributed by atoms with E-state index in [1.807, 2.05) is 24.0 Å². The predicted octanol–water partition coefficient (Wildman–Crippen LogP) is 2.20. The highest BCUT2D eigenvalue weighted by molar-refractivity contribution is 5.63. The maximum Gasteiger partial charge on any atom is 0.0682 e. The van der Waals surface area contributed by atoms with Crippen LogP contribution in [0.15, 0.2) is 36.5 Å². The van der Waals surface area contributed by atoms with Crippen molar-refractivity contribution in [3.63, 3.8) is 0 Å². The quantitative estimate of drug-likeness (QED) is 0.847. The molecule has 16 heavy (non-hydrogen) atoms. The van der Waals surface area contributed by atoms with Gasteiger partial charge in [-0.3, -0.25) is 4.68 Å². The van der Waals surface area contributed by atoms with Gasteiger partial charge in [0.1, 0.15) is 0 Å². The van der Waals surface area contributed by atoms with Crippen LogP contribution in [-0.2, 0) is 13.6 Å². The lowest BCUT2D eigenvalue weighted by Crippen LogP contribution is -2.12. The summed E-state index contributed by atoms with van der Waals surface area (Å²) in [6, 6.07) is 10.5. The minimum absolute atomic E-state index is 0.901. The second-order valence-corrected chi connectivity index (χ2v) is 3.78. The van der Waals surface area contributed by atoms with Crippen LogP contribution in [0.5, 0.6) is 0 Å². The van der Waals surface area contributed by atoms with Crippen molar-refractivity contribution in [2.45, 2.75) is 13.5 Å². The Balaban J connectivity index is 2.37. The Kier molecular flexibility index (Phi) is 3.37. The molecule has 1 N–H and O–H groups in total. The van der Waals surface area contributed by atoms with Gasteiger partial charge in [0.05, 0.1) is 5.69 Å². The van der Waals surface area contributed by atoms with E-state index in [2.05, 4.69) is 41.6 Å². The van der Waals surface area contributed by atoms with E-state index in [1.165, 1.54) is 11.1 Å². The Morgan fingerprint density at radius 1 is 1.25 bits per heavy atom. The number of rotatable bonds is 4. The van der Waals surface area contributed by atoms with Crippen LogP contribution < -0.4 is 5.32 Å². The third-order valence-corrected chi connectivity index (χ3v) is 2.68. The molecule has 84 valence electrons. The van der Waals surface area contributed by atoms with Gasteiger partial charge in [-0.25, -0.2) is 0 Å². The van der Waals surface area contributed by atoms with Crippen molar-refractivity contribution < 1.29 is 0 Å². The molecule has 1 heterocycles. The molecule has 0 fully saturated rings. The number of benzene rings is 1. The standard InChI is InChI=1S/C13H17N3/c1-3-14-10-11-6-4-5-7-12(11)13-8-9-15-16(13)2/h4-9,14H,3,10H2,1-2H3. The second-order valence-electron chi connectivity index (χ2n) is 3.78. The highest BCUT2D eigenvalue weighted by Crippen LogP contribution is 2.22. The normalized spacial score (nSPS) is 10.6. The highest BCUT2D eigenvalue weighted by atomic mass is 15.3. The number of aromatic nitrogens is 2. The van der Waals surface area contributed by atoms with Gasteiger partial charge in [-0.05, 0) is 18.2 Å². The third kappa shape index (κ3) is 2.14. The molecule has 0 aliphatic heterocycles. The summed E-state index contributed by atoms with van der Waals surface area (Å²) in [4.78, 5) is 0. The minimum atomic E-state index is 0.901. The largest absolute Gasteiger partial charge is 0.313 e. The van der Waals surface area contributed by atoms with Gasteiger partial charge in [0.2, 0.25) is 0 Å². The highest BCUT2D eigenvalue weighted by Gasteiger charge is 2.06. The second kappa shape index (κ2) is 4.94. The summed E-state index contributed by atoms with van der Waals surface area (Å²) >= 11 is 0. The fourth-order valence-electron chi connectivity index (χ4n) is 1.82. The Morgan fingerprint density at radius 2 is 2.06 bits per heavy atom. The Bertz CT molecular complexity index is 460. The molecule has 2 aromatic rings. The molecule has 1 aromatic heterocycles. The van der Waals surface area contributed by atoms with Crippen LogP contribution >= 0.6 is 0 Å². The van der Waals surface area contributed by atoms with Crippen molar-refractivity contribution in [3.8, 4) is 11.3 Å². The Labute approximate surface area is 96.1 Å². The van der Waals surface area contributed by atoms with Gasteiger partial charge in [-0.15, -0.1) is 0 Å². The zero-order valence-electron chi connectivity index (χ0n) is 9.77. The van der Waals surface area contributed by atoms with Gasteiger partial charge < -0.3 is 5.32 Å². The smallest absolute Gasteiger partial charge is 0.0682 e. The molecule has 0 bridgehead atoms. The summed E-state index contributed by atoms with van der Waals surface area (Å²) < 4.78 is 1.91. The average Bonchev–Trinajstić information content (AvgIpc) is 2.73. The number of hydrogen-bond donors (Lipinski definition) is 1. The van der Waals surface area contributed by atoms with E-state index in [1.54, 1.807) is 0 Å². The topological polar surface area (TPSA) is 29.9 Å². The monoisotopic (exact) mass is 215 g/mol. The lowest BCUT2D eigenvalue weighted by Gasteiger charge is -2.09. The third-order valence-electron chi connectivity index (χ3n) is 2.68. The Hall–Kier alpha value is -1.61. The van der Waals surface area contributed by atoms with E-state index in [-0.39, 0.29) is 0 Å². The first-order chi connectivity index (χ1) is 7.83. The minimum Gasteiger partial charge on any atom is -0.313 e. The van der Waals surface area contributed by atoms with Crippen LogP contribution in [0.1, 0.15) is 12.5 Å². The fourth-order valence-corrected chi connectivity index (χ4v) is 1.82. The van der Waals surface area contributed by atoms with Crippen molar-refractivity contribution in [3.05, 3.63) is 42.1 Å². The summed E-state index contributed by atoms with van der Waals surface area (Å²) in [7, 11) is 1.97. The molecule has 0 atom stereocenters. The molecular formula is C13H17N3. The van der Waals surface area contributed by atoms with Crippen LogP contribution in [0.3, 0.4) is 0 Å². The fraction of sp³-hybridized carbons (Fsp3) is 0.308. The maximum atomic E-state index is 4.21. The van der Waals surface area contributed by atoms with E-state index in [9.17, 15) is 0 Å². The van der Waals surface area contributed by atoms with Gasteiger partial charge in [0.15, 0.2) is 0 Å².